The van der Waals surface area contributed by atoms with E-state index in [-0.39, 0.29) is 19.3 Å². The first-order valence-electron chi connectivity index (χ1n) is 7.21. The Bertz CT molecular complexity index is 733. The largest absolute Gasteiger partial charge is 0.466 e. The molecule has 7 heteroatoms. The minimum absolute atomic E-state index is 0.109. The second-order valence-corrected chi connectivity index (χ2v) is 5.20. The van der Waals surface area contributed by atoms with Gasteiger partial charge in [-0.15, -0.1) is 5.10 Å². The fourth-order valence-corrected chi connectivity index (χ4v) is 2.03. The lowest BCUT2D eigenvalue weighted by Gasteiger charge is -2.08. The van der Waals surface area contributed by atoms with Crippen LogP contribution in [0.25, 0.3) is 0 Å². The van der Waals surface area contributed by atoms with E-state index in [0.717, 1.165) is 22.6 Å². The van der Waals surface area contributed by atoms with Crippen molar-refractivity contribution in [2.45, 2.75) is 20.4 Å². The Labute approximate surface area is 133 Å². The minimum Gasteiger partial charge on any atom is -0.466 e. The lowest BCUT2D eigenvalue weighted by Crippen LogP contribution is -2.28. The van der Waals surface area contributed by atoms with Crippen LogP contribution in [-0.4, -0.2) is 29.5 Å². The van der Waals surface area contributed by atoms with Crippen LogP contribution in [0.2, 0.25) is 0 Å². The summed E-state index contributed by atoms with van der Waals surface area (Å²) in [5.41, 5.74) is 2.73. The van der Waals surface area contributed by atoms with Crippen molar-refractivity contribution in [1.82, 2.24) is 15.5 Å². The first-order valence-corrected chi connectivity index (χ1v) is 7.21. The lowest BCUT2D eigenvalue weighted by atomic mass is 10.2. The predicted molar refractivity (Wildman–Crippen MR) is 81.4 cm³/mol. The number of hydrogen-bond donors (Lipinski definition) is 1. The summed E-state index contributed by atoms with van der Waals surface area (Å²) >= 11 is 0. The summed E-state index contributed by atoms with van der Waals surface area (Å²) in [6.45, 7) is 4.29. The first-order chi connectivity index (χ1) is 11.1. The number of fused-ring (bicyclic) bond motifs is 1. The van der Waals surface area contributed by atoms with E-state index in [1.807, 2.05) is 32.0 Å². The van der Waals surface area contributed by atoms with E-state index in [2.05, 4.69) is 15.5 Å². The SMILES string of the molecule is Cc1cc(OCC(=O)NCc2ccc3c(c2)OCO3)nnc1C. The number of benzene rings is 1. The molecule has 0 aliphatic carbocycles. The Balaban J connectivity index is 1.48. The average Bonchev–Trinajstić information content (AvgIpc) is 3.01. The van der Waals surface area contributed by atoms with Crippen LogP contribution in [-0.2, 0) is 11.3 Å². The molecule has 23 heavy (non-hydrogen) atoms. The van der Waals surface area contributed by atoms with Crippen molar-refractivity contribution in [2.24, 2.45) is 0 Å². The van der Waals surface area contributed by atoms with E-state index < -0.39 is 0 Å². The molecule has 2 heterocycles. The zero-order valence-corrected chi connectivity index (χ0v) is 13.0. The highest BCUT2D eigenvalue weighted by atomic mass is 16.7. The molecule has 1 amide bonds. The predicted octanol–water partition coefficient (Wildman–Crippen LogP) is 1.52. The average molecular weight is 315 g/mol. The molecule has 0 atom stereocenters. The van der Waals surface area contributed by atoms with Crippen molar-refractivity contribution in [3.63, 3.8) is 0 Å². The van der Waals surface area contributed by atoms with Crippen LogP contribution in [0.5, 0.6) is 17.4 Å². The number of rotatable bonds is 5. The van der Waals surface area contributed by atoms with E-state index in [4.69, 9.17) is 14.2 Å². The first kappa shape index (κ1) is 15.1. The Morgan fingerprint density at radius 3 is 2.87 bits per heavy atom. The van der Waals surface area contributed by atoms with Crippen molar-refractivity contribution in [3.05, 3.63) is 41.1 Å². The van der Waals surface area contributed by atoms with Crippen molar-refractivity contribution < 1.29 is 19.0 Å². The molecule has 1 aromatic carbocycles. The van der Waals surface area contributed by atoms with Crippen LogP contribution in [0.1, 0.15) is 16.8 Å². The van der Waals surface area contributed by atoms with Crippen LogP contribution in [0.3, 0.4) is 0 Å². The summed E-state index contributed by atoms with van der Waals surface area (Å²) in [6, 6.07) is 7.31. The summed E-state index contributed by atoms with van der Waals surface area (Å²) in [4.78, 5) is 11.8. The van der Waals surface area contributed by atoms with E-state index in [1.165, 1.54) is 0 Å². The molecule has 1 aliphatic heterocycles. The maximum atomic E-state index is 11.8. The van der Waals surface area contributed by atoms with Crippen molar-refractivity contribution in [2.75, 3.05) is 13.4 Å². The molecule has 7 nitrogen and oxygen atoms in total. The van der Waals surface area contributed by atoms with Gasteiger partial charge in [-0.3, -0.25) is 4.79 Å². The zero-order chi connectivity index (χ0) is 16.2. The molecule has 120 valence electrons. The number of carbonyl (C=O) groups is 1. The lowest BCUT2D eigenvalue weighted by molar-refractivity contribution is -0.123. The Kier molecular flexibility index (Phi) is 4.27. The third-order valence-electron chi connectivity index (χ3n) is 3.49. The highest BCUT2D eigenvalue weighted by molar-refractivity contribution is 5.77. The van der Waals surface area contributed by atoms with Gasteiger partial charge in [0.05, 0.1) is 5.69 Å². The van der Waals surface area contributed by atoms with E-state index in [0.29, 0.717) is 18.2 Å². The third-order valence-corrected chi connectivity index (χ3v) is 3.49. The second kappa shape index (κ2) is 6.51. The molecule has 1 aromatic heterocycles. The molecule has 3 rings (SSSR count). The van der Waals surface area contributed by atoms with Crippen molar-refractivity contribution in [3.8, 4) is 17.4 Å². The molecule has 0 unspecified atom stereocenters. The standard InChI is InChI=1S/C16H17N3O4/c1-10-5-16(19-18-11(10)2)21-8-15(20)17-7-12-3-4-13-14(6-12)23-9-22-13/h3-6H,7-9H2,1-2H3,(H,17,20). The molecule has 1 N–H and O–H groups in total. The van der Waals surface area contributed by atoms with Crippen molar-refractivity contribution >= 4 is 5.91 Å². The van der Waals surface area contributed by atoms with Gasteiger partial charge in [-0.2, -0.15) is 5.10 Å². The van der Waals surface area contributed by atoms with Gasteiger partial charge in [-0.1, -0.05) is 6.07 Å². The third kappa shape index (κ3) is 3.68. The molecule has 2 aromatic rings. The molecule has 1 aliphatic rings. The number of aryl methyl sites for hydroxylation is 2. The minimum atomic E-state index is -0.234. The molecule has 0 bridgehead atoms. The van der Waals surface area contributed by atoms with Gasteiger partial charge in [0, 0.05) is 12.6 Å². The molecular formula is C16H17N3O4. The number of carbonyl (C=O) groups excluding carboxylic acids is 1. The summed E-state index contributed by atoms with van der Waals surface area (Å²) in [6.07, 6.45) is 0. The van der Waals surface area contributed by atoms with Crippen LogP contribution < -0.4 is 19.5 Å². The number of hydrogen-bond acceptors (Lipinski definition) is 6. The van der Waals surface area contributed by atoms with Gasteiger partial charge in [-0.25, -0.2) is 0 Å². The van der Waals surface area contributed by atoms with Crippen molar-refractivity contribution in [1.29, 1.82) is 0 Å². The van der Waals surface area contributed by atoms with E-state index in [1.54, 1.807) is 6.07 Å². The monoisotopic (exact) mass is 315 g/mol. The molecule has 0 fully saturated rings. The fraction of sp³-hybridized carbons (Fsp3) is 0.312. The summed E-state index contributed by atoms with van der Waals surface area (Å²) < 4.78 is 15.9. The number of amides is 1. The number of nitrogens with one attached hydrogen (secondary N) is 1. The van der Waals surface area contributed by atoms with Gasteiger partial charge in [0.25, 0.3) is 5.91 Å². The molecule has 0 saturated heterocycles. The number of aromatic nitrogens is 2. The van der Waals surface area contributed by atoms with Crippen LogP contribution in [0, 0.1) is 13.8 Å². The normalized spacial score (nSPS) is 12.1. The topological polar surface area (TPSA) is 82.6 Å². The maximum Gasteiger partial charge on any atom is 0.258 e. The summed E-state index contributed by atoms with van der Waals surface area (Å²) in [7, 11) is 0. The highest BCUT2D eigenvalue weighted by Crippen LogP contribution is 2.32. The van der Waals surface area contributed by atoms with E-state index >= 15 is 0 Å². The smallest absolute Gasteiger partial charge is 0.258 e. The fourth-order valence-electron chi connectivity index (χ4n) is 2.03. The van der Waals surface area contributed by atoms with Gasteiger partial charge < -0.3 is 19.5 Å². The summed E-state index contributed by atoms with van der Waals surface area (Å²) in [5, 5.41) is 10.6. The quantitative estimate of drug-likeness (QED) is 0.901. The van der Waals surface area contributed by atoms with Gasteiger partial charge in [0.15, 0.2) is 18.1 Å². The van der Waals surface area contributed by atoms with Crippen LogP contribution in [0.15, 0.2) is 24.3 Å². The summed E-state index contributed by atoms with van der Waals surface area (Å²) in [5.74, 6) is 1.52. The van der Waals surface area contributed by atoms with Gasteiger partial charge >= 0.3 is 0 Å². The molecule has 0 spiro atoms. The Hall–Kier alpha value is -2.83. The second-order valence-electron chi connectivity index (χ2n) is 5.20. The Morgan fingerprint density at radius 1 is 1.22 bits per heavy atom. The Morgan fingerprint density at radius 2 is 2.04 bits per heavy atom. The molecule has 0 saturated carbocycles. The number of nitrogens with zero attached hydrogens (tertiary/aromatic N) is 2. The van der Waals surface area contributed by atoms with Gasteiger partial charge in [0.2, 0.25) is 12.7 Å². The highest BCUT2D eigenvalue weighted by Gasteiger charge is 2.13. The van der Waals surface area contributed by atoms with Gasteiger partial charge in [-0.05, 0) is 37.1 Å². The number of ether oxygens (including phenoxy) is 3. The van der Waals surface area contributed by atoms with Gasteiger partial charge in [0.1, 0.15) is 0 Å². The van der Waals surface area contributed by atoms with Crippen LogP contribution in [0.4, 0.5) is 0 Å². The van der Waals surface area contributed by atoms with Crippen LogP contribution >= 0.6 is 0 Å². The van der Waals surface area contributed by atoms with E-state index in [9.17, 15) is 4.79 Å². The maximum absolute atomic E-state index is 11.8. The molecular weight excluding hydrogens is 298 g/mol. The zero-order valence-electron chi connectivity index (χ0n) is 13.0. The molecule has 0 radical (unpaired) electrons.